The summed E-state index contributed by atoms with van der Waals surface area (Å²) in [5, 5.41) is 15.1. The van der Waals surface area contributed by atoms with Gasteiger partial charge in [0, 0.05) is 13.2 Å². The smallest absolute Gasteiger partial charge is 0.240 e. The molecular formula is C12H24N2O2. The molecule has 0 aromatic carbocycles. The molecule has 16 heavy (non-hydrogen) atoms. The molecule has 4 nitrogen and oxygen atoms in total. The van der Waals surface area contributed by atoms with E-state index >= 15 is 0 Å². The van der Waals surface area contributed by atoms with Crippen LogP contribution in [0, 0.1) is 5.92 Å². The van der Waals surface area contributed by atoms with Crippen LogP contribution in [0.25, 0.3) is 0 Å². The first-order chi connectivity index (χ1) is 7.58. The first-order valence-electron chi connectivity index (χ1n) is 6.22. The third-order valence-corrected chi connectivity index (χ3v) is 3.34. The van der Waals surface area contributed by atoms with E-state index in [-0.39, 0.29) is 18.1 Å². The predicted octanol–water partition coefficient (Wildman–Crippen LogP) is 0.653. The van der Waals surface area contributed by atoms with Gasteiger partial charge in [-0.2, -0.15) is 0 Å². The summed E-state index contributed by atoms with van der Waals surface area (Å²) < 4.78 is 0. The molecule has 1 aliphatic heterocycles. The standard InChI is InChI=1S/C12H24N2O2/c1-10(9-15)5-3-7-13-11(16)12(2)6-4-8-14-12/h10,14-15H,3-9H2,1-2H3,(H,13,16). The number of amides is 1. The van der Waals surface area contributed by atoms with E-state index in [1.165, 1.54) is 0 Å². The quantitative estimate of drug-likeness (QED) is 0.585. The summed E-state index contributed by atoms with van der Waals surface area (Å²) in [6.07, 6.45) is 3.89. The number of nitrogens with one attached hydrogen (secondary N) is 2. The second-order valence-electron chi connectivity index (χ2n) is 5.05. The molecule has 0 radical (unpaired) electrons. The van der Waals surface area contributed by atoms with E-state index in [1.807, 2.05) is 13.8 Å². The second kappa shape index (κ2) is 6.21. The minimum atomic E-state index is -0.359. The van der Waals surface area contributed by atoms with Crippen molar-refractivity contribution in [2.45, 2.75) is 45.1 Å². The fraction of sp³-hybridized carbons (Fsp3) is 0.917. The molecule has 0 bridgehead atoms. The highest BCUT2D eigenvalue weighted by Crippen LogP contribution is 2.18. The minimum Gasteiger partial charge on any atom is -0.396 e. The van der Waals surface area contributed by atoms with E-state index in [9.17, 15) is 4.79 Å². The normalized spacial score (nSPS) is 26.7. The van der Waals surface area contributed by atoms with Gasteiger partial charge in [0.05, 0.1) is 5.54 Å². The van der Waals surface area contributed by atoms with E-state index in [2.05, 4.69) is 10.6 Å². The molecule has 2 unspecified atom stereocenters. The number of hydrogen-bond acceptors (Lipinski definition) is 3. The third kappa shape index (κ3) is 3.76. The van der Waals surface area contributed by atoms with Gasteiger partial charge < -0.3 is 15.7 Å². The Labute approximate surface area is 97.8 Å². The molecule has 1 rings (SSSR count). The van der Waals surface area contributed by atoms with Crippen molar-refractivity contribution in [1.82, 2.24) is 10.6 Å². The topological polar surface area (TPSA) is 61.4 Å². The molecule has 2 atom stereocenters. The van der Waals surface area contributed by atoms with Crippen molar-refractivity contribution >= 4 is 5.91 Å². The highest BCUT2D eigenvalue weighted by atomic mass is 16.3. The van der Waals surface area contributed by atoms with Crippen LogP contribution >= 0.6 is 0 Å². The van der Waals surface area contributed by atoms with Crippen molar-refractivity contribution in [1.29, 1.82) is 0 Å². The number of rotatable bonds is 6. The van der Waals surface area contributed by atoms with E-state index < -0.39 is 0 Å². The van der Waals surface area contributed by atoms with Crippen LogP contribution < -0.4 is 10.6 Å². The van der Waals surface area contributed by atoms with Crippen molar-refractivity contribution in [3.63, 3.8) is 0 Å². The zero-order valence-electron chi connectivity index (χ0n) is 10.4. The van der Waals surface area contributed by atoms with Gasteiger partial charge in [0.1, 0.15) is 0 Å². The average Bonchev–Trinajstić information content (AvgIpc) is 2.72. The Morgan fingerprint density at radius 3 is 2.94 bits per heavy atom. The third-order valence-electron chi connectivity index (χ3n) is 3.34. The number of carbonyl (C=O) groups excluding carboxylic acids is 1. The fourth-order valence-electron chi connectivity index (χ4n) is 2.03. The summed E-state index contributed by atoms with van der Waals surface area (Å²) in [4.78, 5) is 11.9. The Hall–Kier alpha value is -0.610. The molecule has 0 aromatic heterocycles. The van der Waals surface area contributed by atoms with Crippen molar-refractivity contribution < 1.29 is 9.90 Å². The molecule has 1 amide bonds. The molecule has 1 fully saturated rings. The van der Waals surface area contributed by atoms with Crippen molar-refractivity contribution in [3.8, 4) is 0 Å². The molecule has 0 saturated carbocycles. The molecule has 0 aromatic rings. The zero-order valence-corrected chi connectivity index (χ0v) is 10.4. The predicted molar refractivity (Wildman–Crippen MR) is 64.1 cm³/mol. The summed E-state index contributed by atoms with van der Waals surface area (Å²) in [5.74, 6) is 0.443. The molecular weight excluding hydrogens is 204 g/mol. The number of aliphatic hydroxyl groups excluding tert-OH is 1. The molecule has 0 aliphatic carbocycles. The first-order valence-corrected chi connectivity index (χ1v) is 6.22. The zero-order chi connectivity index (χ0) is 12.0. The lowest BCUT2D eigenvalue weighted by molar-refractivity contribution is -0.126. The number of hydrogen-bond donors (Lipinski definition) is 3. The van der Waals surface area contributed by atoms with E-state index in [4.69, 9.17) is 5.11 Å². The molecule has 1 heterocycles. The summed E-state index contributed by atoms with van der Waals surface area (Å²) in [6.45, 7) is 5.85. The molecule has 3 N–H and O–H groups in total. The van der Waals surface area contributed by atoms with Gasteiger partial charge in [-0.15, -0.1) is 0 Å². The highest BCUT2D eigenvalue weighted by Gasteiger charge is 2.35. The minimum absolute atomic E-state index is 0.113. The van der Waals surface area contributed by atoms with E-state index in [0.717, 1.165) is 32.2 Å². The van der Waals surface area contributed by atoms with Crippen molar-refractivity contribution in [2.24, 2.45) is 5.92 Å². The van der Waals surface area contributed by atoms with Gasteiger partial charge in [-0.1, -0.05) is 6.92 Å². The van der Waals surface area contributed by atoms with Crippen molar-refractivity contribution in [2.75, 3.05) is 19.7 Å². The largest absolute Gasteiger partial charge is 0.396 e. The van der Waals surface area contributed by atoms with Crippen LogP contribution in [0.3, 0.4) is 0 Å². The second-order valence-corrected chi connectivity index (χ2v) is 5.05. The van der Waals surface area contributed by atoms with Gasteiger partial charge >= 0.3 is 0 Å². The lowest BCUT2D eigenvalue weighted by atomic mass is 9.99. The van der Waals surface area contributed by atoms with Crippen LogP contribution in [0.1, 0.15) is 39.5 Å². The van der Waals surface area contributed by atoms with Gasteiger partial charge in [0.15, 0.2) is 0 Å². The van der Waals surface area contributed by atoms with Crippen LogP contribution in [-0.4, -0.2) is 36.2 Å². The maximum Gasteiger partial charge on any atom is 0.240 e. The Bertz CT molecular complexity index is 225. The maximum atomic E-state index is 11.9. The van der Waals surface area contributed by atoms with Gasteiger partial charge in [0.25, 0.3) is 0 Å². The van der Waals surface area contributed by atoms with Gasteiger partial charge in [0.2, 0.25) is 5.91 Å². The average molecular weight is 228 g/mol. The Kier molecular flexibility index (Phi) is 5.22. The Balaban J connectivity index is 2.15. The lowest BCUT2D eigenvalue weighted by Crippen LogP contribution is -2.51. The van der Waals surface area contributed by atoms with Crippen LogP contribution in [0.2, 0.25) is 0 Å². The van der Waals surface area contributed by atoms with Crippen LogP contribution in [0.5, 0.6) is 0 Å². The first kappa shape index (κ1) is 13.5. The molecule has 0 spiro atoms. The summed E-state index contributed by atoms with van der Waals surface area (Å²) in [5.41, 5.74) is -0.359. The molecule has 4 heteroatoms. The summed E-state index contributed by atoms with van der Waals surface area (Å²) in [7, 11) is 0. The Morgan fingerprint density at radius 1 is 1.62 bits per heavy atom. The van der Waals surface area contributed by atoms with Gasteiger partial charge in [-0.25, -0.2) is 0 Å². The summed E-state index contributed by atoms with van der Waals surface area (Å²) in [6, 6.07) is 0. The molecule has 1 aliphatic rings. The summed E-state index contributed by atoms with van der Waals surface area (Å²) >= 11 is 0. The molecule has 94 valence electrons. The monoisotopic (exact) mass is 228 g/mol. The lowest BCUT2D eigenvalue weighted by Gasteiger charge is -2.23. The van der Waals surface area contributed by atoms with E-state index in [0.29, 0.717) is 12.5 Å². The Morgan fingerprint density at radius 2 is 2.38 bits per heavy atom. The van der Waals surface area contributed by atoms with Crippen LogP contribution in [-0.2, 0) is 4.79 Å². The van der Waals surface area contributed by atoms with Gasteiger partial charge in [-0.05, 0) is 45.1 Å². The van der Waals surface area contributed by atoms with E-state index in [1.54, 1.807) is 0 Å². The fourth-order valence-corrected chi connectivity index (χ4v) is 2.03. The van der Waals surface area contributed by atoms with Crippen LogP contribution in [0.15, 0.2) is 0 Å². The van der Waals surface area contributed by atoms with Gasteiger partial charge in [-0.3, -0.25) is 4.79 Å². The highest BCUT2D eigenvalue weighted by molar-refractivity contribution is 5.86. The number of carbonyl (C=O) groups is 1. The van der Waals surface area contributed by atoms with Crippen molar-refractivity contribution in [3.05, 3.63) is 0 Å². The SMILES string of the molecule is CC(CO)CCCNC(=O)C1(C)CCCN1. The van der Waals surface area contributed by atoms with Crippen LogP contribution in [0.4, 0.5) is 0 Å². The molecule has 1 saturated heterocycles. The maximum absolute atomic E-state index is 11.9. The number of aliphatic hydroxyl groups is 1.